The molecule has 0 aliphatic carbocycles. The van der Waals surface area contributed by atoms with Crippen LogP contribution in [0.4, 0.5) is 11.8 Å². The zero-order chi connectivity index (χ0) is 11.8. The molecule has 0 bridgehead atoms. The predicted octanol–water partition coefficient (Wildman–Crippen LogP) is -0.313. The van der Waals surface area contributed by atoms with E-state index in [2.05, 4.69) is 37.0 Å². The first-order chi connectivity index (χ1) is 8.24. The molecular weight excluding hydrogens is 218 g/mol. The number of aromatic amines is 1. The second-order valence-electron chi connectivity index (χ2n) is 4.33. The van der Waals surface area contributed by atoms with E-state index in [0.717, 1.165) is 37.4 Å². The molecular formula is C10H15N7. The fraction of sp³-hybridized carbons (Fsp3) is 0.500. The monoisotopic (exact) mass is 233 g/mol. The second kappa shape index (κ2) is 3.85. The van der Waals surface area contributed by atoms with E-state index in [9.17, 15) is 0 Å². The van der Waals surface area contributed by atoms with Crippen LogP contribution in [-0.2, 0) is 0 Å². The van der Waals surface area contributed by atoms with E-state index in [4.69, 9.17) is 5.73 Å². The van der Waals surface area contributed by atoms with Crippen molar-refractivity contribution in [1.29, 1.82) is 0 Å². The summed E-state index contributed by atoms with van der Waals surface area (Å²) in [5.74, 6) is 1.17. The Morgan fingerprint density at radius 3 is 2.76 bits per heavy atom. The maximum atomic E-state index is 5.71. The summed E-state index contributed by atoms with van der Waals surface area (Å²) in [7, 11) is 2.12. The molecule has 0 atom stereocenters. The van der Waals surface area contributed by atoms with Crippen LogP contribution in [0, 0.1) is 0 Å². The Bertz CT molecular complexity index is 526. The first kappa shape index (κ1) is 10.3. The van der Waals surface area contributed by atoms with Crippen LogP contribution in [0.15, 0.2) is 6.20 Å². The predicted molar refractivity (Wildman–Crippen MR) is 65.8 cm³/mol. The Labute approximate surface area is 98.6 Å². The number of likely N-dealkylation sites (N-methyl/N-ethyl adjacent to an activating group) is 1. The quantitative estimate of drug-likeness (QED) is 0.702. The van der Waals surface area contributed by atoms with E-state index >= 15 is 0 Å². The maximum absolute atomic E-state index is 5.71. The van der Waals surface area contributed by atoms with Crippen molar-refractivity contribution in [3.8, 4) is 0 Å². The Balaban J connectivity index is 2.01. The summed E-state index contributed by atoms with van der Waals surface area (Å²) >= 11 is 0. The van der Waals surface area contributed by atoms with Crippen LogP contribution in [0.1, 0.15) is 0 Å². The number of aromatic nitrogens is 4. The van der Waals surface area contributed by atoms with Crippen LogP contribution in [-0.4, -0.2) is 58.3 Å². The summed E-state index contributed by atoms with van der Waals surface area (Å²) in [6.07, 6.45) is 1.75. The van der Waals surface area contributed by atoms with E-state index in [1.807, 2.05) is 0 Å². The van der Waals surface area contributed by atoms with Gasteiger partial charge in [-0.1, -0.05) is 0 Å². The third-order valence-electron chi connectivity index (χ3n) is 3.11. The van der Waals surface area contributed by atoms with Crippen LogP contribution >= 0.6 is 0 Å². The molecule has 0 aromatic carbocycles. The van der Waals surface area contributed by atoms with Crippen LogP contribution < -0.4 is 10.6 Å². The molecule has 0 spiro atoms. The molecule has 1 saturated heterocycles. The SMILES string of the molecule is CN1CCN(c2nc(N)nc3[nH]ncc23)CC1. The van der Waals surface area contributed by atoms with E-state index in [1.165, 1.54) is 0 Å². The molecule has 3 heterocycles. The van der Waals surface area contributed by atoms with Gasteiger partial charge in [0.05, 0.1) is 11.6 Å². The van der Waals surface area contributed by atoms with Gasteiger partial charge in [0.2, 0.25) is 5.95 Å². The van der Waals surface area contributed by atoms with Crippen LogP contribution in [0.5, 0.6) is 0 Å². The van der Waals surface area contributed by atoms with Crippen LogP contribution in [0.25, 0.3) is 11.0 Å². The number of nitrogen functional groups attached to an aromatic ring is 1. The highest BCUT2D eigenvalue weighted by Gasteiger charge is 2.19. The molecule has 0 saturated carbocycles. The summed E-state index contributed by atoms with van der Waals surface area (Å²) in [4.78, 5) is 13.0. The molecule has 1 fully saturated rings. The number of H-pyrrole nitrogens is 1. The zero-order valence-corrected chi connectivity index (χ0v) is 9.72. The highest BCUT2D eigenvalue weighted by atomic mass is 15.3. The Morgan fingerprint density at radius 1 is 1.24 bits per heavy atom. The molecule has 0 radical (unpaired) electrons. The standard InChI is InChI=1S/C10H15N7/c1-16-2-4-17(5-3-16)9-7-6-12-15-8(7)13-10(11)14-9/h6H,2-5H2,1H3,(H3,11,12,13,14,15). The Hall–Kier alpha value is -1.89. The van der Waals surface area contributed by atoms with Gasteiger partial charge in [0.1, 0.15) is 5.82 Å². The molecule has 17 heavy (non-hydrogen) atoms. The van der Waals surface area contributed by atoms with Crippen molar-refractivity contribution in [3.05, 3.63) is 6.20 Å². The summed E-state index contributed by atoms with van der Waals surface area (Å²) in [6, 6.07) is 0. The second-order valence-corrected chi connectivity index (χ2v) is 4.33. The van der Waals surface area contributed by atoms with Gasteiger partial charge in [0.15, 0.2) is 5.65 Å². The lowest BCUT2D eigenvalue weighted by Crippen LogP contribution is -2.45. The zero-order valence-electron chi connectivity index (χ0n) is 9.72. The number of fused-ring (bicyclic) bond motifs is 1. The van der Waals surface area contributed by atoms with Crippen molar-refractivity contribution >= 4 is 22.8 Å². The molecule has 2 aromatic rings. The first-order valence-corrected chi connectivity index (χ1v) is 5.64. The minimum absolute atomic E-state index is 0.288. The van der Waals surface area contributed by atoms with Gasteiger partial charge in [-0.25, -0.2) is 0 Å². The van der Waals surface area contributed by atoms with Crippen molar-refractivity contribution in [3.63, 3.8) is 0 Å². The minimum Gasteiger partial charge on any atom is -0.368 e. The molecule has 7 heteroatoms. The van der Waals surface area contributed by atoms with E-state index in [-0.39, 0.29) is 5.95 Å². The van der Waals surface area contributed by atoms with Crippen molar-refractivity contribution in [1.82, 2.24) is 25.1 Å². The van der Waals surface area contributed by atoms with Gasteiger partial charge in [-0.2, -0.15) is 15.1 Å². The third kappa shape index (κ3) is 1.78. The van der Waals surface area contributed by atoms with E-state index in [1.54, 1.807) is 6.20 Å². The molecule has 7 nitrogen and oxygen atoms in total. The lowest BCUT2D eigenvalue weighted by molar-refractivity contribution is 0.312. The number of hydrogen-bond acceptors (Lipinski definition) is 6. The molecule has 0 unspecified atom stereocenters. The fourth-order valence-corrected chi connectivity index (χ4v) is 2.10. The topological polar surface area (TPSA) is 87.0 Å². The van der Waals surface area contributed by atoms with Crippen LogP contribution in [0.3, 0.4) is 0 Å². The average molecular weight is 233 g/mol. The van der Waals surface area contributed by atoms with Gasteiger partial charge in [0, 0.05) is 26.2 Å². The maximum Gasteiger partial charge on any atom is 0.224 e. The summed E-state index contributed by atoms with van der Waals surface area (Å²) in [6.45, 7) is 3.97. The van der Waals surface area contributed by atoms with Gasteiger partial charge in [0.25, 0.3) is 0 Å². The van der Waals surface area contributed by atoms with Crippen molar-refractivity contribution in [2.75, 3.05) is 43.9 Å². The smallest absolute Gasteiger partial charge is 0.224 e. The van der Waals surface area contributed by atoms with Gasteiger partial charge < -0.3 is 15.5 Å². The fourth-order valence-electron chi connectivity index (χ4n) is 2.10. The van der Waals surface area contributed by atoms with Gasteiger partial charge in [-0.15, -0.1) is 0 Å². The van der Waals surface area contributed by atoms with Gasteiger partial charge in [-0.05, 0) is 7.05 Å². The number of nitrogens with zero attached hydrogens (tertiary/aromatic N) is 5. The van der Waals surface area contributed by atoms with E-state index < -0.39 is 0 Å². The number of piperazine rings is 1. The van der Waals surface area contributed by atoms with E-state index in [0.29, 0.717) is 5.65 Å². The molecule has 2 aromatic heterocycles. The van der Waals surface area contributed by atoms with Gasteiger partial charge in [-0.3, -0.25) is 5.10 Å². The highest BCUT2D eigenvalue weighted by Crippen LogP contribution is 2.23. The minimum atomic E-state index is 0.288. The number of hydrogen-bond donors (Lipinski definition) is 2. The molecule has 0 amide bonds. The van der Waals surface area contributed by atoms with Crippen molar-refractivity contribution in [2.45, 2.75) is 0 Å². The molecule has 1 aliphatic rings. The number of anilines is 2. The molecule has 3 rings (SSSR count). The molecule has 90 valence electrons. The van der Waals surface area contributed by atoms with Crippen LogP contribution in [0.2, 0.25) is 0 Å². The normalized spacial score (nSPS) is 17.8. The summed E-state index contributed by atoms with van der Waals surface area (Å²) in [5.41, 5.74) is 6.41. The molecule has 1 aliphatic heterocycles. The highest BCUT2D eigenvalue weighted by molar-refractivity contribution is 5.87. The van der Waals surface area contributed by atoms with Crippen molar-refractivity contribution in [2.24, 2.45) is 0 Å². The largest absolute Gasteiger partial charge is 0.368 e. The third-order valence-corrected chi connectivity index (χ3v) is 3.11. The van der Waals surface area contributed by atoms with Gasteiger partial charge >= 0.3 is 0 Å². The lowest BCUT2D eigenvalue weighted by atomic mass is 10.3. The number of rotatable bonds is 1. The number of nitrogens with one attached hydrogen (secondary N) is 1. The summed E-state index contributed by atoms with van der Waals surface area (Å²) in [5, 5.41) is 7.76. The first-order valence-electron chi connectivity index (χ1n) is 5.64. The lowest BCUT2D eigenvalue weighted by Gasteiger charge is -2.33. The molecule has 3 N–H and O–H groups in total. The summed E-state index contributed by atoms with van der Waals surface area (Å²) < 4.78 is 0. The number of nitrogens with two attached hydrogens (primary N) is 1. The Kier molecular flexibility index (Phi) is 2.32. The average Bonchev–Trinajstić information content (AvgIpc) is 2.77. The Morgan fingerprint density at radius 2 is 2.00 bits per heavy atom. The van der Waals surface area contributed by atoms with Crippen molar-refractivity contribution < 1.29 is 0 Å².